The Hall–Kier alpha value is 0.274. The Morgan fingerprint density at radius 2 is 1.94 bits per heavy atom. The largest absolute Gasteiger partial charge is 0.484 e. The minimum atomic E-state index is -0.431. The van der Waals surface area contributed by atoms with Crippen LogP contribution in [0.4, 0.5) is 0 Å². The van der Waals surface area contributed by atoms with E-state index in [4.69, 9.17) is 4.74 Å². The Kier molecular flexibility index (Phi) is 4.07. The average molecular weight is 324 g/mol. The van der Waals surface area contributed by atoms with Crippen LogP contribution in [0.5, 0.6) is 0 Å². The van der Waals surface area contributed by atoms with Crippen LogP contribution in [0.25, 0.3) is 0 Å². The Morgan fingerprint density at radius 1 is 1.33 bits per heavy atom. The van der Waals surface area contributed by atoms with Crippen molar-refractivity contribution in [3.05, 3.63) is 12.7 Å². The molecule has 18 heavy (non-hydrogen) atoms. The molecule has 4 heteroatoms. The molecule has 0 spiro atoms. The van der Waals surface area contributed by atoms with Crippen molar-refractivity contribution in [3.8, 4) is 0 Å². The van der Waals surface area contributed by atoms with Gasteiger partial charge in [-0.1, -0.05) is 0 Å². The average Bonchev–Trinajstić information content (AvgIpc) is 2.26. The molecule has 2 atom stereocenters. The van der Waals surface area contributed by atoms with Crippen molar-refractivity contribution >= 4 is 5.97 Å². The summed E-state index contributed by atoms with van der Waals surface area (Å²) in [6.45, 7) is 3.58. The van der Waals surface area contributed by atoms with E-state index in [1.54, 1.807) is 0 Å². The molecule has 0 aromatic heterocycles. The van der Waals surface area contributed by atoms with Gasteiger partial charge in [0.2, 0.25) is 0 Å². The van der Waals surface area contributed by atoms with Gasteiger partial charge in [0.05, 0.1) is 0 Å². The predicted molar refractivity (Wildman–Crippen MR) is 61.9 cm³/mol. The van der Waals surface area contributed by atoms with E-state index in [1.807, 2.05) is 0 Å². The Balaban J connectivity index is 0.00000120. The summed E-state index contributed by atoms with van der Waals surface area (Å²) < 4.78 is 5.60. The molecule has 0 aromatic carbocycles. The maximum absolute atomic E-state index is 11.4. The van der Waals surface area contributed by atoms with E-state index in [-0.39, 0.29) is 50.3 Å². The number of ether oxygens (including phenoxy) is 1. The Morgan fingerprint density at radius 3 is 2.44 bits per heavy atom. The van der Waals surface area contributed by atoms with Crippen LogP contribution in [0.2, 0.25) is 0 Å². The maximum atomic E-state index is 11.4. The smallest absolute Gasteiger partial charge is 0.147 e. The number of carbonyl (C=O) groups is 1. The molecular formula is C14H19O3Y-. The zero-order chi connectivity index (χ0) is 12.1. The summed E-state index contributed by atoms with van der Waals surface area (Å²) in [5.41, 5.74) is -0.305. The van der Waals surface area contributed by atoms with Crippen molar-refractivity contribution in [3.63, 3.8) is 0 Å². The fourth-order valence-electron chi connectivity index (χ4n) is 4.90. The summed E-state index contributed by atoms with van der Waals surface area (Å²) in [4.78, 5) is 11.4. The van der Waals surface area contributed by atoms with Crippen LogP contribution < -0.4 is 0 Å². The first kappa shape index (κ1) is 14.7. The van der Waals surface area contributed by atoms with Gasteiger partial charge in [-0.3, -0.25) is 11.4 Å². The van der Waals surface area contributed by atoms with Gasteiger partial charge in [-0.25, -0.2) is 0 Å². The SMILES string of the molecule is C=[C-]C(=O)OC12CC3CC(CC(CO)(C3)C1)C2.[Y]. The normalized spacial score (nSPS) is 44.3. The molecule has 1 radical (unpaired) electrons. The van der Waals surface area contributed by atoms with Crippen LogP contribution in [0.3, 0.4) is 0 Å². The van der Waals surface area contributed by atoms with Crippen LogP contribution in [-0.2, 0) is 42.2 Å². The van der Waals surface area contributed by atoms with E-state index in [1.165, 1.54) is 6.42 Å². The summed E-state index contributed by atoms with van der Waals surface area (Å²) in [6, 6.07) is 0. The summed E-state index contributed by atoms with van der Waals surface area (Å²) >= 11 is 0. The molecule has 4 rings (SSSR count). The number of hydrogen-bond acceptors (Lipinski definition) is 3. The van der Waals surface area contributed by atoms with Crippen molar-refractivity contribution in [1.29, 1.82) is 0 Å². The minimum absolute atomic E-state index is 0. The van der Waals surface area contributed by atoms with E-state index in [0.29, 0.717) is 11.8 Å². The predicted octanol–water partition coefficient (Wildman–Crippen LogP) is 1.85. The molecule has 4 aliphatic rings. The van der Waals surface area contributed by atoms with Crippen LogP contribution in [-0.4, -0.2) is 23.3 Å². The van der Waals surface area contributed by atoms with Gasteiger partial charge in [-0.05, 0) is 55.8 Å². The molecule has 3 nitrogen and oxygen atoms in total. The van der Waals surface area contributed by atoms with Gasteiger partial charge in [-0.15, -0.1) is 0 Å². The van der Waals surface area contributed by atoms with Gasteiger partial charge >= 0.3 is 0 Å². The first-order valence-electron chi connectivity index (χ1n) is 6.46. The van der Waals surface area contributed by atoms with E-state index >= 15 is 0 Å². The molecular weight excluding hydrogens is 305 g/mol. The summed E-state index contributed by atoms with van der Waals surface area (Å²) in [6.07, 6.45) is 8.53. The first-order chi connectivity index (χ1) is 8.09. The Labute approximate surface area is 133 Å². The monoisotopic (exact) mass is 324 g/mol. The Bertz CT molecular complexity index is 352. The molecule has 0 amide bonds. The molecule has 4 saturated carbocycles. The standard InChI is InChI=1S/C14H19O3.Y/c1-2-12(16)17-14-6-10-3-11(7-14)5-13(4-10,8-14)9-15;/h10-11,15H,1,3-9H2;/q-1;. The van der Waals surface area contributed by atoms with Crippen LogP contribution >= 0.6 is 0 Å². The summed E-state index contributed by atoms with van der Waals surface area (Å²) in [5.74, 6) is 0.821. The van der Waals surface area contributed by atoms with Crippen LogP contribution in [0.1, 0.15) is 38.5 Å². The zero-order valence-corrected chi connectivity index (χ0v) is 13.5. The van der Waals surface area contributed by atoms with Crippen molar-refractivity contribution in [2.24, 2.45) is 17.3 Å². The van der Waals surface area contributed by atoms with E-state index < -0.39 is 5.97 Å². The fraction of sp³-hybridized carbons (Fsp3) is 0.786. The van der Waals surface area contributed by atoms with Crippen molar-refractivity contribution in [2.75, 3.05) is 6.61 Å². The molecule has 0 aromatic rings. The fourth-order valence-corrected chi connectivity index (χ4v) is 4.90. The minimum Gasteiger partial charge on any atom is -0.484 e. The molecule has 2 unspecified atom stereocenters. The number of rotatable bonds is 3. The topological polar surface area (TPSA) is 46.5 Å². The number of aliphatic hydroxyl groups excluding tert-OH is 1. The van der Waals surface area contributed by atoms with Crippen LogP contribution in [0.15, 0.2) is 6.58 Å². The second-order valence-electron chi connectivity index (χ2n) is 6.37. The number of hydrogen-bond donors (Lipinski definition) is 1. The molecule has 97 valence electrons. The molecule has 4 fully saturated rings. The van der Waals surface area contributed by atoms with Gasteiger partial charge in [0.15, 0.2) is 0 Å². The third-order valence-electron chi connectivity index (χ3n) is 4.92. The van der Waals surface area contributed by atoms with E-state index in [9.17, 15) is 9.90 Å². The zero-order valence-electron chi connectivity index (χ0n) is 10.7. The number of esters is 1. The van der Waals surface area contributed by atoms with E-state index in [2.05, 4.69) is 12.7 Å². The summed E-state index contributed by atoms with van der Waals surface area (Å²) in [5, 5.41) is 9.67. The van der Waals surface area contributed by atoms with Crippen molar-refractivity contribution in [2.45, 2.75) is 44.1 Å². The number of carbonyl (C=O) groups excluding carboxylic acids is 1. The second kappa shape index (κ2) is 4.99. The molecule has 1 N–H and O–H groups in total. The molecule has 4 bridgehead atoms. The van der Waals surface area contributed by atoms with Gasteiger partial charge in [-0.2, -0.15) is 0 Å². The maximum Gasteiger partial charge on any atom is 0.147 e. The van der Waals surface area contributed by atoms with E-state index in [0.717, 1.165) is 32.1 Å². The summed E-state index contributed by atoms with van der Waals surface area (Å²) in [7, 11) is 0. The molecule has 4 aliphatic carbocycles. The van der Waals surface area contributed by atoms with Gasteiger partial charge in [0, 0.05) is 39.3 Å². The van der Waals surface area contributed by atoms with Gasteiger partial charge < -0.3 is 15.9 Å². The quantitative estimate of drug-likeness (QED) is 0.490. The van der Waals surface area contributed by atoms with Crippen molar-refractivity contribution < 1.29 is 47.3 Å². The van der Waals surface area contributed by atoms with Crippen LogP contribution in [0, 0.1) is 23.3 Å². The molecule has 0 saturated heterocycles. The second-order valence-corrected chi connectivity index (χ2v) is 6.37. The third-order valence-corrected chi connectivity index (χ3v) is 4.92. The molecule has 0 heterocycles. The van der Waals surface area contributed by atoms with Gasteiger partial charge in [0.1, 0.15) is 11.6 Å². The van der Waals surface area contributed by atoms with Gasteiger partial charge in [0.25, 0.3) is 0 Å². The molecule has 0 aliphatic heterocycles. The first-order valence-corrected chi connectivity index (χ1v) is 6.46. The number of aliphatic hydroxyl groups is 1. The third kappa shape index (κ3) is 2.34. The van der Waals surface area contributed by atoms with Crippen molar-refractivity contribution in [1.82, 2.24) is 0 Å².